The average molecular weight is 278 g/mol. The zero-order chi connectivity index (χ0) is 14.3. The molecule has 0 unspecified atom stereocenters. The second kappa shape index (κ2) is 7.29. The molecule has 0 aliphatic rings. The van der Waals surface area contributed by atoms with Crippen LogP contribution in [-0.2, 0) is 9.84 Å². The van der Waals surface area contributed by atoms with E-state index in [4.69, 9.17) is 0 Å². The van der Waals surface area contributed by atoms with Gasteiger partial charge < -0.3 is 0 Å². The molecule has 1 aromatic rings. The fraction of sp³-hybridized carbons (Fsp3) is 0.375. The van der Waals surface area contributed by atoms with E-state index in [1.54, 1.807) is 18.2 Å². The quantitative estimate of drug-likeness (QED) is 0.580. The van der Waals surface area contributed by atoms with E-state index in [1.165, 1.54) is 5.57 Å². The second-order valence-corrected chi connectivity index (χ2v) is 6.96. The third kappa shape index (κ3) is 5.88. The summed E-state index contributed by atoms with van der Waals surface area (Å²) >= 11 is 0. The first-order valence-corrected chi connectivity index (χ1v) is 8.15. The summed E-state index contributed by atoms with van der Waals surface area (Å²) in [6.07, 6.45) is 7.68. The normalized spacial score (nSPS) is 11.7. The number of unbranched alkanes of at least 4 members (excludes halogenated alkanes) is 1. The van der Waals surface area contributed by atoms with Crippen LogP contribution in [-0.4, -0.2) is 14.2 Å². The Morgan fingerprint density at radius 3 is 2.26 bits per heavy atom. The molecule has 1 aromatic carbocycles. The molecular formula is C16H22O2S. The van der Waals surface area contributed by atoms with E-state index in [1.807, 2.05) is 25.1 Å². The largest absolute Gasteiger partial charge is 0.223 e. The molecule has 19 heavy (non-hydrogen) atoms. The second-order valence-electron chi connectivity index (χ2n) is 4.92. The molecule has 0 heterocycles. The van der Waals surface area contributed by atoms with Crippen LogP contribution < -0.4 is 0 Å². The van der Waals surface area contributed by atoms with Gasteiger partial charge in [0, 0.05) is 0 Å². The minimum absolute atomic E-state index is 0.0743. The lowest BCUT2D eigenvalue weighted by atomic mass is 10.2. The molecule has 0 amide bonds. The highest BCUT2D eigenvalue weighted by Crippen LogP contribution is 2.12. The molecule has 0 fully saturated rings. The van der Waals surface area contributed by atoms with Crippen molar-refractivity contribution in [2.24, 2.45) is 0 Å². The van der Waals surface area contributed by atoms with Gasteiger partial charge in [-0.15, -0.1) is 0 Å². The van der Waals surface area contributed by atoms with Gasteiger partial charge in [0.25, 0.3) is 0 Å². The monoisotopic (exact) mass is 278 g/mol. The lowest BCUT2D eigenvalue weighted by molar-refractivity contribution is 0.599. The number of aryl methyl sites for hydroxylation is 1. The number of hydrogen-bond acceptors (Lipinski definition) is 2. The maximum Gasteiger partial charge on any atom is 0.181 e. The standard InChI is InChI=1S/C16H22O2S/c1-14(2)8-6-4-5-7-13-19(17,18)16-11-9-15(3)10-12-16/h5,7-12H,4,6,13H2,1-3H3/b7-5+. The first kappa shape index (κ1) is 15.7. The number of benzene rings is 1. The lowest BCUT2D eigenvalue weighted by Gasteiger charge is -2.01. The van der Waals surface area contributed by atoms with Gasteiger partial charge in [-0.05, 0) is 45.7 Å². The molecule has 0 radical (unpaired) electrons. The summed E-state index contributed by atoms with van der Waals surface area (Å²) in [5.74, 6) is 0.0743. The van der Waals surface area contributed by atoms with Crippen molar-refractivity contribution < 1.29 is 8.42 Å². The topological polar surface area (TPSA) is 34.1 Å². The summed E-state index contributed by atoms with van der Waals surface area (Å²) in [5.41, 5.74) is 2.36. The zero-order valence-electron chi connectivity index (χ0n) is 11.9. The molecule has 2 nitrogen and oxygen atoms in total. The first-order chi connectivity index (χ1) is 8.92. The van der Waals surface area contributed by atoms with Crippen molar-refractivity contribution in [1.82, 2.24) is 0 Å². The van der Waals surface area contributed by atoms with E-state index in [2.05, 4.69) is 19.9 Å². The Morgan fingerprint density at radius 1 is 1.05 bits per heavy atom. The number of allylic oxidation sites excluding steroid dienone is 3. The van der Waals surface area contributed by atoms with Crippen molar-refractivity contribution in [2.45, 2.75) is 38.5 Å². The lowest BCUT2D eigenvalue weighted by Crippen LogP contribution is -2.04. The van der Waals surface area contributed by atoms with E-state index in [0.29, 0.717) is 4.90 Å². The van der Waals surface area contributed by atoms with Crippen LogP contribution in [0.4, 0.5) is 0 Å². The maximum atomic E-state index is 12.0. The van der Waals surface area contributed by atoms with Crippen LogP contribution in [0, 0.1) is 6.92 Å². The minimum atomic E-state index is -3.18. The molecule has 0 aromatic heterocycles. The van der Waals surface area contributed by atoms with Crippen molar-refractivity contribution in [1.29, 1.82) is 0 Å². The van der Waals surface area contributed by atoms with Gasteiger partial charge in [-0.3, -0.25) is 0 Å². The molecule has 0 aliphatic heterocycles. The Bertz CT molecular complexity index is 545. The predicted molar refractivity (Wildman–Crippen MR) is 81.0 cm³/mol. The van der Waals surface area contributed by atoms with Gasteiger partial charge in [-0.25, -0.2) is 8.42 Å². The van der Waals surface area contributed by atoms with Crippen LogP contribution in [0.25, 0.3) is 0 Å². The van der Waals surface area contributed by atoms with Crippen LogP contribution in [0.15, 0.2) is 53.0 Å². The van der Waals surface area contributed by atoms with E-state index in [0.717, 1.165) is 18.4 Å². The van der Waals surface area contributed by atoms with Crippen LogP contribution >= 0.6 is 0 Å². The summed E-state index contributed by atoms with van der Waals surface area (Å²) in [7, 11) is -3.18. The predicted octanol–water partition coefficient (Wildman–Crippen LogP) is 4.07. The van der Waals surface area contributed by atoms with Crippen molar-refractivity contribution in [3.8, 4) is 0 Å². The molecule has 0 saturated heterocycles. The Hall–Kier alpha value is -1.35. The highest BCUT2D eigenvalue weighted by atomic mass is 32.2. The van der Waals surface area contributed by atoms with Gasteiger partial charge in [-0.2, -0.15) is 0 Å². The molecule has 104 valence electrons. The smallest absolute Gasteiger partial charge is 0.181 e. The molecule has 0 atom stereocenters. The van der Waals surface area contributed by atoms with E-state index in [9.17, 15) is 8.42 Å². The highest BCUT2D eigenvalue weighted by molar-refractivity contribution is 7.91. The maximum absolute atomic E-state index is 12.0. The molecule has 0 saturated carbocycles. The Labute approximate surface area is 116 Å². The third-order valence-electron chi connectivity index (χ3n) is 2.75. The first-order valence-electron chi connectivity index (χ1n) is 6.49. The van der Waals surface area contributed by atoms with Gasteiger partial charge in [0.1, 0.15) is 0 Å². The molecule has 3 heteroatoms. The van der Waals surface area contributed by atoms with Crippen LogP contribution in [0.3, 0.4) is 0 Å². The van der Waals surface area contributed by atoms with Crippen LogP contribution in [0.1, 0.15) is 32.3 Å². The molecule has 0 aliphatic carbocycles. The fourth-order valence-electron chi connectivity index (χ4n) is 1.62. The summed E-state index contributed by atoms with van der Waals surface area (Å²) in [6.45, 7) is 6.07. The van der Waals surface area contributed by atoms with E-state index < -0.39 is 9.84 Å². The number of hydrogen-bond donors (Lipinski definition) is 0. The van der Waals surface area contributed by atoms with Gasteiger partial charge in [0.15, 0.2) is 9.84 Å². The van der Waals surface area contributed by atoms with E-state index in [-0.39, 0.29) is 5.75 Å². The molecule has 0 N–H and O–H groups in total. The van der Waals surface area contributed by atoms with Gasteiger partial charge >= 0.3 is 0 Å². The summed E-state index contributed by atoms with van der Waals surface area (Å²) < 4.78 is 24.0. The van der Waals surface area contributed by atoms with Crippen LogP contribution in [0.5, 0.6) is 0 Å². The van der Waals surface area contributed by atoms with Crippen molar-refractivity contribution in [2.75, 3.05) is 5.75 Å². The van der Waals surface area contributed by atoms with Gasteiger partial charge in [-0.1, -0.05) is 41.5 Å². The SMILES string of the molecule is CC(C)=CCC/C=C/CS(=O)(=O)c1ccc(C)cc1. The minimum Gasteiger partial charge on any atom is -0.223 e. The Morgan fingerprint density at radius 2 is 1.68 bits per heavy atom. The number of rotatable bonds is 6. The van der Waals surface area contributed by atoms with Gasteiger partial charge in [0.2, 0.25) is 0 Å². The highest BCUT2D eigenvalue weighted by Gasteiger charge is 2.11. The molecular weight excluding hydrogens is 256 g/mol. The average Bonchev–Trinajstić information content (AvgIpc) is 2.34. The Balaban J connectivity index is 2.54. The summed E-state index contributed by atoms with van der Waals surface area (Å²) in [5, 5.41) is 0. The van der Waals surface area contributed by atoms with Crippen molar-refractivity contribution in [3.05, 3.63) is 53.6 Å². The summed E-state index contributed by atoms with van der Waals surface area (Å²) in [6, 6.07) is 6.99. The van der Waals surface area contributed by atoms with Crippen molar-refractivity contribution >= 4 is 9.84 Å². The molecule has 1 rings (SSSR count). The van der Waals surface area contributed by atoms with Gasteiger partial charge in [0.05, 0.1) is 10.6 Å². The molecule has 0 spiro atoms. The Kier molecular flexibility index (Phi) is 6.03. The zero-order valence-corrected chi connectivity index (χ0v) is 12.7. The van der Waals surface area contributed by atoms with Crippen LogP contribution in [0.2, 0.25) is 0 Å². The third-order valence-corrected chi connectivity index (χ3v) is 4.37. The molecule has 0 bridgehead atoms. The summed E-state index contributed by atoms with van der Waals surface area (Å²) in [4.78, 5) is 0.395. The fourth-order valence-corrected chi connectivity index (χ4v) is 2.76. The van der Waals surface area contributed by atoms with E-state index >= 15 is 0 Å². The van der Waals surface area contributed by atoms with Crippen molar-refractivity contribution in [3.63, 3.8) is 0 Å². The number of sulfone groups is 1.